The number of amidine groups is 2. The second kappa shape index (κ2) is 23.4. The molecule has 6 aliphatic rings. The van der Waals surface area contributed by atoms with Gasteiger partial charge in [0.1, 0.15) is 12.1 Å². The van der Waals surface area contributed by atoms with Crippen LogP contribution >= 0.6 is 22.7 Å². The quantitative estimate of drug-likeness (QED) is 0.0744. The molecule has 0 aliphatic carbocycles. The van der Waals surface area contributed by atoms with E-state index in [-0.39, 0.29) is 109 Å². The van der Waals surface area contributed by atoms with Gasteiger partial charge in [-0.1, -0.05) is 12.1 Å². The van der Waals surface area contributed by atoms with E-state index in [9.17, 15) is 47.0 Å². The number of hydrogen-bond donors (Lipinski definition) is 4. The normalized spacial score (nSPS) is 26.2. The molecular formula is C52H52F8N8O10S2. The predicted octanol–water partition coefficient (Wildman–Crippen LogP) is 6.89. The molecule has 4 N–H and O–H groups in total. The van der Waals surface area contributed by atoms with Gasteiger partial charge < -0.3 is 39.8 Å². The van der Waals surface area contributed by atoms with Crippen LogP contribution in [0.4, 0.5) is 35.1 Å². The van der Waals surface area contributed by atoms with Crippen molar-refractivity contribution < 1.29 is 83.5 Å². The maximum Gasteiger partial charge on any atom is 0.338 e. The molecule has 2 aromatic heterocycles. The number of nitrogens with one attached hydrogen (secondary N) is 2. The molecule has 428 valence electrons. The molecule has 0 unspecified atom stereocenters. The number of rotatable bonds is 14. The second-order valence-corrected chi connectivity index (χ2v) is 21.6. The summed E-state index contributed by atoms with van der Waals surface area (Å²) in [5.41, 5.74) is 0.528. The summed E-state index contributed by atoms with van der Waals surface area (Å²) in [5, 5.41) is 28.8. The summed E-state index contributed by atoms with van der Waals surface area (Å²) >= 11 is 2.47. The number of carboxylic acids is 2. The van der Waals surface area contributed by atoms with Gasteiger partial charge in [0.25, 0.3) is 11.8 Å². The van der Waals surface area contributed by atoms with Crippen LogP contribution in [0.5, 0.6) is 0 Å². The Balaban J connectivity index is 0.000000194. The lowest BCUT2D eigenvalue weighted by atomic mass is 9.79. The number of esters is 2. The highest BCUT2D eigenvalue weighted by atomic mass is 32.1. The Bertz CT molecular complexity index is 2970. The van der Waals surface area contributed by atoms with Crippen molar-refractivity contribution in [2.45, 2.75) is 87.6 Å². The van der Waals surface area contributed by atoms with Gasteiger partial charge in [-0.15, -0.1) is 22.7 Å². The Kier molecular flexibility index (Phi) is 16.9. The second-order valence-electron chi connectivity index (χ2n) is 19.8. The third-order valence-corrected chi connectivity index (χ3v) is 16.8. The van der Waals surface area contributed by atoms with E-state index in [1.165, 1.54) is 70.8 Å². The number of hydrogen-bond acceptors (Lipinski definition) is 18. The van der Waals surface area contributed by atoms with E-state index >= 15 is 17.6 Å². The fourth-order valence-corrected chi connectivity index (χ4v) is 12.4. The molecule has 0 radical (unpaired) electrons. The van der Waals surface area contributed by atoms with Crippen LogP contribution in [0.1, 0.15) is 70.0 Å². The van der Waals surface area contributed by atoms with Crippen LogP contribution in [-0.4, -0.2) is 155 Å². The highest BCUT2D eigenvalue weighted by molar-refractivity contribution is 7.12. The number of thiazole rings is 2. The monoisotopic (exact) mass is 1160 g/mol. The Morgan fingerprint density at radius 2 is 1.04 bits per heavy atom. The zero-order valence-corrected chi connectivity index (χ0v) is 44.6. The first-order valence-corrected chi connectivity index (χ1v) is 26.7. The van der Waals surface area contributed by atoms with Crippen molar-refractivity contribution in [3.8, 4) is 0 Å². The van der Waals surface area contributed by atoms with E-state index in [1.54, 1.807) is 10.8 Å². The molecule has 4 aromatic rings. The number of methoxy groups -OCH3 is 2. The molecule has 10 rings (SSSR count). The third-order valence-electron chi connectivity index (χ3n) is 15.2. The molecular weight excluding hydrogens is 1110 g/mol. The number of nitrogens with zero attached hydrogens (tertiary/aromatic N) is 6. The SMILES string of the molecule is COC(=O)C1=C(CN2[C@@H]3COC[C@H]2C(F)(F)[C@@H](CC(=O)O)C3)NC(c2nccs2)=N[C@H]1c1ccc(F)c(F)c1C.COC(=O)C1=C(CN2[C@H]3COC[C@@H]2C(F)(F)[C@H](CC(=O)O)C3)NC(c2nccs2)=N[C@H]1c1ccc(F)c(F)c1C. The Morgan fingerprint density at radius 3 is 1.38 bits per heavy atom. The molecule has 2 aromatic carbocycles. The van der Waals surface area contributed by atoms with Gasteiger partial charge in [0, 0.05) is 71.6 Å². The Morgan fingerprint density at radius 1 is 0.650 bits per heavy atom. The molecule has 4 bridgehead atoms. The van der Waals surface area contributed by atoms with Gasteiger partial charge in [-0.25, -0.2) is 54.7 Å². The van der Waals surface area contributed by atoms with Crippen LogP contribution in [0.25, 0.3) is 0 Å². The summed E-state index contributed by atoms with van der Waals surface area (Å²) < 4.78 is 141. The van der Waals surface area contributed by atoms with Crippen LogP contribution < -0.4 is 10.6 Å². The third kappa shape index (κ3) is 11.2. The first-order valence-electron chi connectivity index (χ1n) is 24.9. The first-order chi connectivity index (χ1) is 38.0. The number of fused-ring (bicyclic) bond motifs is 4. The molecule has 28 heteroatoms. The minimum absolute atomic E-state index is 0.0492. The summed E-state index contributed by atoms with van der Waals surface area (Å²) in [5.74, 6) is -17.7. The molecule has 8 heterocycles. The molecule has 4 saturated heterocycles. The number of carbonyl (C=O) groups is 4. The van der Waals surface area contributed by atoms with Crippen LogP contribution in [0.2, 0.25) is 0 Å². The molecule has 0 spiro atoms. The van der Waals surface area contributed by atoms with Crippen molar-refractivity contribution in [2.75, 3.05) is 53.7 Å². The average Bonchev–Trinajstić information content (AvgIpc) is 4.18. The van der Waals surface area contributed by atoms with Crippen LogP contribution in [0.15, 0.2) is 79.9 Å². The number of piperidine rings is 2. The largest absolute Gasteiger partial charge is 0.481 e. The highest BCUT2D eigenvalue weighted by Crippen LogP contribution is 2.48. The number of morpholine rings is 2. The predicted molar refractivity (Wildman–Crippen MR) is 270 cm³/mol. The highest BCUT2D eigenvalue weighted by Gasteiger charge is 2.60. The van der Waals surface area contributed by atoms with Gasteiger partial charge in [-0.3, -0.25) is 29.4 Å². The van der Waals surface area contributed by atoms with Crippen LogP contribution in [0, 0.1) is 49.0 Å². The van der Waals surface area contributed by atoms with E-state index in [2.05, 4.69) is 30.6 Å². The van der Waals surface area contributed by atoms with E-state index in [0.29, 0.717) is 10.0 Å². The number of halogens is 8. The number of carboxylic acid groups (broad SMARTS) is 2. The summed E-state index contributed by atoms with van der Waals surface area (Å²) in [4.78, 5) is 69.7. The fraction of sp³-hybridized carbons (Fsp3) is 0.462. The molecule has 8 atom stereocenters. The zero-order valence-electron chi connectivity index (χ0n) is 43.0. The lowest BCUT2D eigenvalue weighted by Gasteiger charge is -2.52. The van der Waals surface area contributed by atoms with Crippen molar-refractivity contribution in [1.29, 1.82) is 0 Å². The lowest BCUT2D eigenvalue weighted by molar-refractivity contribution is -0.219. The first kappa shape index (κ1) is 58.0. The molecule has 6 aliphatic heterocycles. The number of alkyl halides is 4. The van der Waals surface area contributed by atoms with E-state index in [0.717, 1.165) is 26.4 Å². The van der Waals surface area contributed by atoms with Crippen molar-refractivity contribution in [3.05, 3.63) is 125 Å². The van der Waals surface area contributed by atoms with Gasteiger partial charge in [0.2, 0.25) is 0 Å². The molecule has 0 amide bonds. The van der Waals surface area contributed by atoms with Gasteiger partial charge >= 0.3 is 23.9 Å². The number of benzene rings is 2. The summed E-state index contributed by atoms with van der Waals surface area (Å²) in [6.07, 6.45) is 1.46. The van der Waals surface area contributed by atoms with Crippen molar-refractivity contribution in [3.63, 3.8) is 0 Å². The lowest BCUT2D eigenvalue weighted by Crippen LogP contribution is -2.67. The summed E-state index contributed by atoms with van der Waals surface area (Å²) in [6, 6.07) is -1.82. The number of aromatic nitrogens is 2. The standard InChI is InChI=1S/2C26H26F4N4O5S/c2*1-12-15(3-4-16(27)21(12)28)22-20(25(37)38-2)17(32-23(33-22)24-31-5-6-40-24)9-34-14-7-13(8-19(35)36)26(29,30)18(34)11-39-10-14/h2*3-6,13-14,18,22H,7-11H2,1-2H3,(H,32,33)(H,35,36)/t13-,14+,18+,22+;13-,14+,18+,22-/m10/s1. The van der Waals surface area contributed by atoms with Gasteiger partial charge in [-0.2, -0.15) is 0 Å². The van der Waals surface area contributed by atoms with E-state index in [4.69, 9.17) is 18.9 Å². The molecule has 0 saturated carbocycles. The number of ether oxygens (including phenoxy) is 4. The maximum absolute atomic E-state index is 15.6. The fourth-order valence-electron chi connectivity index (χ4n) is 11.2. The van der Waals surface area contributed by atoms with Crippen molar-refractivity contribution in [2.24, 2.45) is 21.8 Å². The zero-order chi connectivity index (χ0) is 57.5. The Labute approximate surface area is 459 Å². The Hall–Kier alpha value is -6.72. The smallest absolute Gasteiger partial charge is 0.338 e. The average molecular weight is 1170 g/mol. The molecule has 80 heavy (non-hydrogen) atoms. The van der Waals surface area contributed by atoms with E-state index in [1.807, 2.05) is 0 Å². The van der Waals surface area contributed by atoms with Crippen LogP contribution in [0.3, 0.4) is 0 Å². The van der Waals surface area contributed by atoms with Gasteiger partial charge in [-0.05, 0) is 61.1 Å². The molecule has 4 fully saturated rings. The van der Waals surface area contributed by atoms with E-state index < -0.39 is 120 Å². The molecule has 18 nitrogen and oxygen atoms in total. The van der Waals surface area contributed by atoms with Crippen molar-refractivity contribution in [1.82, 2.24) is 30.4 Å². The van der Waals surface area contributed by atoms with Gasteiger partial charge in [0.05, 0.1) is 76.7 Å². The number of aliphatic imine (C=N–C) groups is 2. The maximum atomic E-state index is 15.6. The summed E-state index contributed by atoms with van der Waals surface area (Å²) in [7, 11) is 2.30. The number of carbonyl (C=O) groups excluding carboxylic acids is 2. The minimum atomic E-state index is -3.39. The summed E-state index contributed by atoms with van der Waals surface area (Å²) in [6.45, 7) is 1.87. The topological polar surface area (TPSA) is 227 Å². The van der Waals surface area contributed by atoms with Gasteiger partial charge in [0.15, 0.2) is 45.0 Å². The van der Waals surface area contributed by atoms with Crippen molar-refractivity contribution >= 4 is 58.2 Å². The minimum Gasteiger partial charge on any atom is -0.481 e. The van der Waals surface area contributed by atoms with Crippen LogP contribution in [-0.2, 0) is 38.1 Å². The number of aliphatic carboxylic acids is 2.